The van der Waals surface area contributed by atoms with Gasteiger partial charge in [-0.05, 0) is 18.1 Å². The molecule has 0 N–H and O–H groups in total. The first kappa shape index (κ1) is 12.5. The molecule has 0 aromatic heterocycles. The van der Waals surface area contributed by atoms with Gasteiger partial charge in [-0.25, -0.2) is 0 Å². The van der Waals surface area contributed by atoms with E-state index in [1.54, 1.807) is 0 Å². The van der Waals surface area contributed by atoms with Crippen molar-refractivity contribution in [3.8, 4) is 0 Å². The molecule has 0 aliphatic carbocycles. The minimum atomic E-state index is -0.995. The Morgan fingerprint density at radius 3 is 2.33 bits per heavy atom. The summed E-state index contributed by atoms with van der Waals surface area (Å²) in [5.41, 5.74) is 0. The van der Waals surface area contributed by atoms with Gasteiger partial charge in [-0.1, -0.05) is 6.92 Å². The Balaban J connectivity index is 0. The quantitative estimate of drug-likeness (QED) is 0.346. The smallest absolute Gasteiger partial charge is 0.550 e. The molecule has 0 saturated heterocycles. The summed E-state index contributed by atoms with van der Waals surface area (Å²) in [5.74, 6) is -0.995. The van der Waals surface area contributed by atoms with Crippen LogP contribution in [0.2, 0.25) is 0 Å². The van der Waals surface area contributed by atoms with Crippen molar-refractivity contribution >= 4 is 18.6 Å². The van der Waals surface area contributed by atoms with Gasteiger partial charge in [0.05, 0.1) is 0 Å². The first-order valence-corrected chi connectivity index (χ1v) is 3.02. The summed E-state index contributed by atoms with van der Waals surface area (Å²) in [5, 5.41) is 9.92. The fourth-order valence-corrected chi connectivity index (χ4v) is 0.456. The van der Waals surface area contributed by atoms with Crippen LogP contribution in [0, 0.1) is 0 Å². The molecule has 0 fully saturated rings. The van der Waals surface area contributed by atoms with E-state index in [9.17, 15) is 9.90 Å². The summed E-state index contributed by atoms with van der Waals surface area (Å²) < 4.78 is 0. The average molecular weight is 156 g/mol. The molecule has 0 amide bonds. The molecule has 0 aromatic carbocycles. The Labute approximate surface area is 82.7 Å². The van der Waals surface area contributed by atoms with Crippen molar-refractivity contribution in [2.75, 3.05) is 0 Å². The third-order valence-electron chi connectivity index (χ3n) is 0.766. The van der Waals surface area contributed by atoms with E-state index in [1.165, 1.54) is 0 Å². The molecule has 0 radical (unpaired) electrons. The second-order valence-electron chi connectivity index (χ2n) is 1.76. The van der Waals surface area contributed by atoms with E-state index in [-0.39, 0.29) is 41.2 Å². The molecule has 0 bridgehead atoms. The van der Waals surface area contributed by atoms with Crippen LogP contribution in [0.15, 0.2) is 0 Å². The first-order valence-electron chi connectivity index (χ1n) is 2.51. The summed E-state index contributed by atoms with van der Waals surface area (Å²) in [6, 6.07) is 0. The Morgan fingerprint density at radius 1 is 1.78 bits per heavy atom. The third-order valence-corrected chi connectivity index (χ3v) is 1.02. The van der Waals surface area contributed by atoms with Crippen LogP contribution in [0.5, 0.6) is 0 Å². The van der Waals surface area contributed by atoms with Crippen molar-refractivity contribution < 1.29 is 39.5 Å². The van der Waals surface area contributed by atoms with E-state index in [4.69, 9.17) is 0 Å². The van der Waals surface area contributed by atoms with Crippen LogP contribution in [-0.2, 0) is 4.79 Å². The predicted octanol–water partition coefficient (Wildman–Crippen LogP) is -3.16. The van der Waals surface area contributed by atoms with E-state index in [1.807, 2.05) is 6.92 Å². The molecule has 0 unspecified atom stereocenters. The molecule has 2 nitrogen and oxygen atoms in total. The number of carbonyl (C=O) groups is 1. The van der Waals surface area contributed by atoms with E-state index in [2.05, 4.69) is 12.6 Å². The molecular weight excluding hydrogens is 147 g/mol. The summed E-state index contributed by atoms with van der Waals surface area (Å²) in [4.78, 5) is 9.76. The minimum absolute atomic E-state index is 0. The number of aliphatic carboxylic acids is 1. The molecule has 4 heteroatoms. The topological polar surface area (TPSA) is 40.1 Å². The zero-order valence-corrected chi connectivity index (χ0v) is 8.65. The van der Waals surface area contributed by atoms with Gasteiger partial charge in [0.15, 0.2) is 0 Å². The standard InChI is InChI=1S/C5H10O2S.Na/c1-4(8)2-3-5(6)7;/h4,8H,2-3H2,1H3,(H,6,7);/q;+1/p-1/t4-;/m0./s1. The van der Waals surface area contributed by atoms with Crippen molar-refractivity contribution in [3.63, 3.8) is 0 Å². The third kappa shape index (κ3) is 12.1. The number of thiol groups is 1. The van der Waals surface area contributed by atoms with Gasteiger partial charge in [-0.3, -0.25) is 0 Å². The first-order chi connectivity index (χ1) is 3.63. The van der Waals surface area contributed by atoms with Crippen molar-refractivity contribution in [2.45, 2.75) is 25.0 Å². The van der Waals surface area contributed by atoms with Crippen molar-refractivity contribution in [1.29, 1.82) is 0 Å². The van der Waals surface area contributed by atoms with Crippen molar-refractivity contribution in [2.24, 2.45) is 0 Å². The van der Waals surface area contributed by atoms with Gasteiger partial charge in [0.2, 0.25) is 0 Å². The Morgan fingerprint density at radius 2 is 2.22 bits per heavy atom. The Hall–Kier alpha value is 0.820. The van der Waals surface area contributed by atoms with Gasteiger partial charge in [0, 0.05) is 5.97 Å². The maximum Gasteiger partial charge on any atom is 1.00 e. The molecule has 0 rings (SSSR count). The number of carboxylic acid groups (broad SMARTS) is 1. The zero-order chi connectivity index (χ0) is 6.57. The minimum Gasteiger partial charge on any atom is -0.550 e. The van der Waals surface area contributed by atoms with Gasteiger partial charge >= 0.3 is 29.6 Å². The number of carbonyl (C=O) groups excluding carboxylic acids is 1. The van der Waals surface area contributed by atoms with Crippen LogP contribution < -0.4 is 34.7 Å². The Bertz CT molecular complexity index is 85.0. The van der Waals surface area contributed by atoms with Crippen LogP contribution in [0.3, 0.4) is 0 Å². The molecular formula is C5H9NaO2S. The molecule has 0 heterocycles. The van der Waals surface area contributed by atoms with Crippen LogP contribution in [0.4, 0.5) is 0 Å². The predicted molar refractivity (Wildman–Crippen MR) is 32.7 cm³/mol. The number of hydrogen-bond acceptors (Lipinski definition) is 3. The summed E-state index contributed by atoms with van der Waals surface area (Å²) in [6.45, 7) is 1.85. The number of hydrogen-bond donors (Lipinski definition) is 1. The van der Waals surface area contributed by atoms with Gasteiger partial charge in [-0.2, -0.15) is 12.6 Å². The summed E-state index contributed by atoms with van der Waals surface area (Å²) in [7, 11) is 0. The van der Waals surface area contributed by atoms with Gasteiger partial charge in [0.1, 0.15) is 0 Å². The van der Waals surface area contributed by atoms with Crippen LogP contribution in [-0.4, -0.2) is 11.2 Å². The van der Waals surface area contributed by atoms with Crippen molar-refractivity contribution in [3.05, 3.63) is 0 Å². The second kappa shape index (κ2) is 6.93. The molecule has 9 heavy (non-hydrogen) atoms. The molecule has 1 atom stereocenters. The molecule has 0 aliphatic rings. The SMILES string of the molecule is C[C@H](S)CCC(=O)[O-].[Na+]. The normalized spacial score (nSPS) is 11.8. The zero-order valence-electron chi connectivity index (χ0n) is 5.76. The van der Waals surface area contributed by atoms with Gasteiger partial charge < -0.3 is 9.90 Å². The molecule has 0 aliphatic heterocycles. The fourth-order valence-electron chi connectivity index (χ4n) is 0.327. The molecule has 0 saturated carbocycles. The molecule has 0 aromatic rings. The largest absolute Gasteiger partial charge is 1.00 e. The number of carboxylic acids is 1. The molecule has 0 spiro atoms. The van der Waals surface area contributed by atoms with Gasteiger partial charge in [0.25, 0.3) is 0 Å². The maximum atomic E-state index is 9.76. The van der Waals surface area contributed by atoms with Gasteiger partial charge in [-0.15, -0.1) is 0 Å². The second-order valence-corrected chi connectivity index (χ2v) is 2.64. The van der Waals surface area contributed by atoms with Crippen molar-refractivity contribution in [1.82, 2.24) is 0 Å². The average Bonchev–Trinajstić information content (AvgIpc) is 1.61. The van der Waals surface area contributed by atoms with Crippen LogP contribution >= 0.6 is 12.6 Å². The molecule has 48 valence electrons. The monoisotopic (exact) mass is 156 g/mol. The maximum absolute atomic E-state index is 9.76. The van der Waals surface area contributed by atoms with E-state index >= 15 is 0 Å². The van der Waals surface area contributed by atoms with E-state index in [0.29, 0.717) is 6.42 Å². The van der Waals surface area contributed by atoms with Crippen LogP contribution in [0.1, 0.15) is 19.8 Å². The van der Waals surface area contributed by atoms with Crippen LogP contribution in [0.25, 0.3) is 0 Å². The Kier molecular flexibility index (Phi) is 9.62. The fraction of sp³-hybridized carbons (Fsp3) is 0.800. The number of rotatable bonds is 3. The van der Waals surface area contributed by atoms with E-state index < -0.39 is 5.97 Å². The summed E-state index contributed by atoms with van der Waals surface area (Å²) in [6.07, 6.45) is 0.704. The van der Waals surface area contributed by atoms with E-state index in [0.717, 1.165) is 0 Å². The summed E-state index contributed by atoms with van der Waals surface area (Å²) >= 11 is 3.98.